The number of carbonyl (C=O) groups is 1. The highest BCUT2D eigenvalue weighted by Gasteiger charge is 2.22. The fourth-order valence-corrected chi connectivity index (χ4v) is 3.13. The Labute approximate surface area is 124 Å². The predicted molar refractivity (Wildman–Crippen MR) is 76.7 cm³/mol. The third-order valence-corrected chi connectivity index (χ3v) is 4.71. The molecule has 0 spiro atoms. The molecular formula is C14H19FN2O3S. The molecule has 1 fully saturated rings. The molecule has 1 atom stereocenters. The zero-order valence-electron chi connectivity index (χ0n) is 11.9. The summed E-state index contributed by atoms with van der Waals surface area (Å²) in [5.41, 5.74) is 0.148. The van der Waals surface area contributed by atoms with Crippen LogP contribution >= 0.6 is 0 Å². The number of hydrogen-bond acceptors (Lipinski definition) is 3. The van der Waals surface area contributed by atoms with Crippen LogP contribution in [0, 0.1) is 11.7 Å². The minimum Gasteiger partial charge on any atom is -0.339 e. The maximum absolute atomic E-state index is 13.5. The predicted octanol–water partition coefficient (Wildman–Crippen LogP) is 1.74. The number of amides is 1. The van der Waals surface area contributed by atoms with E-state index in [0.717, 1.165) is 31.4 Å². The number of benzene rings is 1. The maximum Gasteiger partial charge on any atom is 0.253 e. The fraction of sp³-hybridized carbons (Fsp3) is 0.500. The third-order valence-electron chi connectivity index (χ3n) is 3.79. The number of nitrogens with zero attached hydrogens (tertiary/aromatic N) is 1. The van der Waals surface area contributed by atoms with Crippen molar-refractivity contribution < 1.29 is 17.6 Å². The standard InChI is InChI=1S/C14H19FN2O3S/c1-10-3-2-7-17(8-6-10)14(18)11-4-5-12(15)13(9-11)21(16,19)20/h4-5,9-10H,2-3,6-8H2,1H3,(H2,16,19,20)/t10-/m0/s1. The summed E-state index contributed by atoms with van der Waals surface area (Å²) in [6.45, 7) is 3.40. The Morgan fingerprint density at radius 2 is 2.05 bits per heavy atom. The zero-order chi connectivity index (χ0) is 15.6. The summed E-state index contributed by atoms with van der Waals surface area (Å²) >= 11 is 0. The molecule has 1 aromatic rings. The van der Waals surface area contributed by atoms with E-state index in [1.54, 1.807) is 4.90 Å². The molecule has 116 valence electrons. The Bertz CT molecular complexity index is 646. The second-order valence-corrected chi connectivity index (χ2v) is 7.05. The molecule has 2 rings (SSSR count). The number of halogens is 1. The lowest BCUT2D eigenvalue weighted by atomic mass is 10.0. The summed E-state index contributed by atoms with van der Waals surface area (Å²) < 4.78 is 36.1. The summed E-state index contributed by atoms with van der Waals surface area (Å²) in [5, 5.41) is 4.96. The van der Waals surface area contributed by atoms with Crippen LogP contribution in [0.1, 0.15) is 36.5 Å². The van der Waals surface area contributed by atoms with Gasteiger partial charge in [0.25, 0.3) is 5.91 Å². The molecule has 1 saturated heterocycles. The summed E-state index contributed by atoms with van der Waals surface area (Å²) in [6, 6.07) is 3.27. The van der Waals surface area contributed by atoms with Gasteiger partial charge in [0.15, 0.2) is 0 Å². The van der Waals surface area contributed by atoms with Crippen molar-refractivity contribution in [2.45, 2.75) is 31.1 Å². The highest BCUT2D eigenvalue weighted by molar-refractivity contribution is 7.89. The highest BCUT2D eigenvalue weighted by Crippen LogP contribution is 2.20. The minimum atomic E-state index is -4.18. The molecule has 7 heteroatoms. The van der Waals surface area contributed by atoms with Crippen LogP contribution in [-0.2, 0) is 10.0 Å². The van der Waals surface area contributed by atoms with Gasteiger partial charge in [0, 0.05) is 18.7 Å². The van der Waals surface area contributed by atoms with E-state index in [9.17, 15) is 17.6 Å². The van der Waals surface area contributed by atoms with Crippen molar-refractivity contribution in [2.75, 3.05) is 13.1 Å². The number of hydrogen-bond donors (Lipinski definition) is 1. The van der Waals surface area contributed by atoms with Crippen molar-refractivity contribution in [3.05, 3.63) is 29.6 Å². The summed E-state index contributed by atoms with van der Waals surface area (Å²) in [6.07, 6.45) is 2.89. The normalized spacial score (nSPS) is 20.1. The lowest BCUT2D eigenvalue weighted by molar-refractivity contribution is 0.0760. The van der Waals surface area contributed by atoms with Crippen molar-refractivity contribution in [1.82, 2.24) is 4.90 Å². The molecule has 0 bridgehead atoms. The van der Waals surface area contributed by atoms with Crippen LogP contribution in [0.5, 0.6) is 0 Å². The van der Waals surface area contributed by atoms with Crippen LogP contribution in [0.3, 0.4) is 0 Å². The Balaban J connectivity index is 2.27. The summed E-state index contributed by atoms with van der Waals surface area (Å²) in [7, 11) is -4.18. The molecule has 0 radical (unpaired) electrons. The van der Waals surface area contributed by atoms with Gasteiger partial charge in [0.1, 0.15) is 10.7 Å². The number of likely N-dealkylation sites (tertiary alicyclic amines) is 1. The summed E-state index contributed by atoms with van der Waals surface area (Å²) in [5.74, 6) is -0.663. The van der Waals surface area contributed by atoms with E-state index in [1.165, 1.54) is 6.07 Å². The third kappa shape index (κ3) is 3.79. The second-order valence-electron chi connectivity index (χ2n) is 5.52. The SMILES string of the molecule is C[C@H]1CCCN(C(=O)c2ccc(F)c(S(N)(=O)=O)c2)CC1. The number of carbonyl (C=O) groups excluding carboxylic acids is 1. The zero-order valence-corrected chi connectivity index (χ0v) is 12.7. The van der Waals surface area contributed by atoms with Gasteiger partial charge < -0.3 is 4.90 Å². The minimum absolute atomic E-state index is 0.148. The van der Waals surface area contributed by atoms with Gasteiger partial charge in [0.05, 0.1) is 0 Å². The fourth-order valence-electron chi connectivity index (χ4n) is 2.50. The van der Waals surface area contributed by atoms with Crippen LogP contribution in [0.2, 0.25) is 0 Å². The molecule has 1 aromatic carbocycles. The molecule has 1 amide bonds. The van der Waals surface area contributed by atoms with Crippen molar-refractivity contribution >= 4 is 15.9 Å². The Hall–Kier alpha value is -1.47. The Kier molecular flexibility index (Phi) is 4.63. The van der Waals surface area contributed by atoms with Gasteiger partial charge in [-0.15, -0.1) is 0 Å². The van der Waals surface area contributed by atoms with Gasteiger partial charge in [0.2, 0.25) is 10.0 Å². The first kappa shape index (κ1) is 15.9. The molecular weight excluding hydrogens is 295 g/mol. The number of rotatable bonds is 2. The van der Waals surface area contributed by atoms with Gasteiger partial charge in [-0.1, -0.05) is 6.92 Å². The van der Waals surface area contributed by atoms with Crippen LogP contribution in [0.4, 0.5) is 4.39 Å². The van der Waals surface area contributed by atoms with E-state index in [-0.39, 0.29) is 11.5 Å². The topological polar surface area (TPSA) is 80.5 Å². The van der Waals surface area contributed by atoms with Gasteiger partial charge in [-0.2, -0.15) is 0 Å². The van der Waals surface area contributed by atoms with Gasteiger partial charge in [-0.3, -0.25) is 4.79 Å². The molecule has 0 aromatic heterocycles. The average Bonchev–Trinajstić information content (AvgIpc) is 2.62. The molecule has 1 aliphatic rings. The largest absolute Gasteiger partial charge is 0.339 e. The van der Waals surface area contributed by atoms with E-state index < -0.39 is 20.7 Å². The van der Waals surface area contributed by atoms with Gasteiger partial charge in [-0.25, -0.2) is 17.9 Å². The van der Waals surface area contributed by atoms with E-state index in [2.05, 4.69) is 6.92 Å². The first-order valence-corrected chi connectivity index (χ1v) is 8.45. The van der Waals surface area contributed by atoms with E-state index in [4.69, 9.17) is 5.14 Å². The van der Waals surface area contributed by atoms with Crippen molar-refractivity contribution in [2.24, 2.45) is 11.1 Å². The van der Waals surface area contributed by atoms with E-state index in [0.29, 0.717) is 19.0 Å². The quantitative estimate of drug-likeness (QED) is 0.903. The van der Waals surface area contributed by atoms with Crippen LogP contribution in [0.25, 0.3) is 0 Å². The molecule has 1 aliphatic heterocycles. The molecule has 21 heavy (non-hydrogen) atoms. The van der Waals surface area contributed by atoms with Crippen molar-refractivity contribution in [1.29, 1.82) is 0 Å². The number of primary sulfonamides is 1. The molecule has 5 nitrogen and oxygen atoms in total. The van der Waals surface area contributed by atoms with Crippen LogP contribution < -0.4 is 5.14 Å². The Morgan fingerprint density at radius 1 is 1.33 bits per heavy atom. The highest BCUT2D eigenvalue weighted by atomic mass is 32.2. The first-order valence-electron chi connectivity index (χ1n) is 6.90. The van der Waals surface area contributed by atoms with Gasteiger partial charge >= 0.3 is 0 Å². The smallest absolute Gasteiger partial charge is 0.253 e. The van der Waals surface area contributed by atoms with Crippen LogP contribution in [0.15, 0.2) is 23.1 Å². The van der Waals surface area contributed by atoms with Gasteiger partial charge in [-0.05, 0) is 43.4 Å². The first-order chi connectivity index (χ1) is 9.79. The monoisotopic (exact) mass is 314 g/mol. The number of sulfonamides is 1. The van der Waals surface area contributed by atoms with Crippen LogP contribution in [-0.4, -0.2) is 32.3 Å². The number of nitrogens with two attached hydrogens (primary N) is 1. The molecule has 0 aliphatic carbocycles. The maximum atomic E-state index is 13.5. The summed E-state index contributed by atoms with van der Waals surface area (Å²) in [4.78, 5) is 13.5. The van der Waals surface area contributed by atoms with E-state index in [1.807, 2.05) is 0 Å². The second kappa shape index (κ2) is 6.11. The van der Waals surface area contributed by atoms with E-state index >= 15 is 0 Å². The van der Waals surface area contributed by atoms with Crippen molar-refractivity contribution in [3.8, 4) is 0 Å². The molecule has 2 N–H and O–H groups in total. The van der Waals surface area contributed by atoms with Crippen molar-refractivity contribution in [3.63, 3.8) is 0 Å². The average molecular weight is 314 g/mol. The Morgan fingerprint density at radius 3 is 2.71 bits per heavy atom. The molecule has 1 heterocycles. The molecule has 0 saturated carbocycles. The lowest BCUT2D eigenvalue weighted by Crippen LogP contribution is -2.32. The lowest BCUT2D eigenvalue weighted by Gasteiger charge is -2.20. The molecule has 0 unspecified atom stereocenters.